The zero-order valence-corrected chi connectivity index (χ0v) is 13.3. The second kappa shape index (κ2) is 8.47. The number of aliphatic hydroxyl groups excluding tert-OH is 2. The number of hydrogen-bond donors (Lipinski definition) is 4. The van der Waals surface area contributed by atoms with E-state index < -0.39 is 30.5 Å². The molecule has 0 aromatic carbocycles. The van der Waals surface area contributed by atoms with Gasteiger partial charge in [-0.2, -0.15) is 11.8 Å². The summed E-state index contributed by atoms with van der Waals surface area (Å²) in [7, 11) is 0. The Hall–Kier alpha value is -0.380. The Morgan fingerprint density at radius 3 is 2.77 bits per heavy atom. The highest BCUT2D eigenvalue weighted by Gasteiger charge is 2.44. The fourth-order valence-corrected chi connectivity index (χ4v) is 3.98. The summed E-state index contributed by atoms with van der Waals surface area (Å²) in [5.74, 6) is -0.386. The molecule has 0 aromatic rings. The van der Waals surface area contributed by atoms with Crippen molar-refractivity contribution in [3.8, 4) is 0 Å². The average molecular weight is 335 g/mol. The van der Waals surface area contributed by atoms with Gasteiger partial charge in [-0.05, 0) is 12.8 Å². The fraction of sp³-hybridized carbons (Fsp3) is 0.929. The van der Waals surface area contributed by atoms with Gasteiger partial charge < -0.3 is 30.5 Å². The number of carbonyl (C=O) groups is 1. The molecular weight excluding hydrogens is 310 g/mol. The van der Waals surface area contributed by atoms with Crippen LogP contribution in [0.25, 0.3) is 0 Å². The van der Waals surface area contributed by atoms with E-state index in [0.29, 0.717) is 12.4 Å². The quantitative estimate of drug-likeness (QED) is 0.544. The van der Waals surface area contributed by atoms with Gasteiger partial charge in [0.25, 0.3) is 0 Å². The van der Waals surface area contributed by atoms with Crippen molar-refractivity contribution in [1.29, 1.82) is 0 Å². The number of thioether (sulfide) groups is 1. The van der Waals surface area contributed by atoms with Crippen molar-refractivity contribution in [2.24, 2.45) is 11.7 Å². The molecule has 3 rings (SSSR count). The second-order valence-electron chi connectivity index (χ2n) is 5.89. The zero-order chi connectivity index (χ0) is 16.1. The smallest absolute Gasteiger partial charge is 0.321 e. The molecule has 22 heavy (non-hydrogen) atoms. The van der Waals surface area contributed by atoms with Gasteiger partial charge in [-0.1, -0.05) is 12.8 Å². The molecule has 3 aliphatic rings. The third-order valence-electron chi connectivity index (χ3n) is 4.21. The summed E-state index contributed by atoms with van der Waals surface area (Å²) < 4.78 is 11.3. The van der Waals surface area contributed by atoms with E-state index in [4.69, 9.17) is 20.3 Å². The largest absolute Gasteiger partial charge is 0.480 e. The molecule has 0 saturated carbocycles. The number of carboxylic acid groups (broad SMARTS) is 1. The van der Waals surface area contributed by atoms with Crippen LogP contribution in [0.15, 0.2) is 0 Å². The van der Waals surface area contributed by atoms with Crippen LogP contribution in [-0.4, -0.2) is 70.0 Å². The van der Waals surface area contributed by atoms with E-state index in [1.165, 1.54) is 11.8 Å². The van der Waals surface area contributed by atoms with Crippen LogP contribution >= 0.6 is 11.8 Å². The molecule has 0 aromatic heterocycles. The summed E-state index contributed by atoms with van der Waals surface area (Å²) in [4.78, 5) is 10.7. The molecule has 3 saturated heterocycles. The Labute approximate surface area is 134 Å². The molecule has 6 unspecified atom stereocenters. The molecule has 2 bridgehead atoms. The standard InChI is InChI=1S/C14H25NO6S/c15-9(13(18)19)6-22-7-10-8-4-2-1-3-5-20-14(21-10)12(17)11(8)16/h8-12,14,16-17H,1-7,15H2,(H,18,19). The Morgan fingerprint density at radius 2 is 2.05 bits per heavy atom. The van der Waals surface area contributed by atoms with Crippen molar-refractivity contribution >= 4 is 17.7 Å². The van der Waals surface area contributed by atoms with Gasteiger partial charge in [0, 0.05) is 24.0 Å². The molecule has 0 amide bonds. The third kappa shape index (κ3) is 4.56. The van der Waals surface area contributed by atoms with Crippen molar-refractivity contribution in [3.05, 3.63) is 0 Å². The maximum absolute atomic E-state index is 10.7. The van der Waals surface area contributed by atoms with Gasteiger partial charge in [0.2, 0.25) is 0 Å². The zero-order valence-electron chi connectivity index (χ0n) is 12.5. The summed E-state index contributed by atoms with van der Waals surface area (Å²) in [6.45, 7) is 0.503. The van der Waals surface area contributed by atoms with Gasteiger partial charge in [-0.25, -0.2) is 0 Å². The van der Waals surface area contributed by atoms with E-state index in [1.807, 2.05) is 0 Å². The maximum Gasteiger partial charge on any atom is 0.321 e. The van der Waals surface area contributed by atoms with Gasteiger partial charge in [-0.15, -0.1) is 0 Å². The molecule has 3 heterocycles. The van der Waals surface area contributed by atoms with E-state index >= 15 is 0 Å². The van der Waals surface area contributed by atoms with Crippen molar-refractivity contribution in [2.45, 2.75) is 56.3 Å². The molecule has 0 radical (unpaired) electrons. The predicted molar refractivity (Wildman–Crippen MR) is 81.5 cm³/mol. The van der Waals surface area contributed by atoms with Crippen molar-refractivity contribution in [2.75, 3.05) is 18.1 Å². The van der Waals surface area contributed by atoms with Gasteiger partial charge in [0.05, 0.1) is 12.2 Å². The van der Waals surface area contributed by atoms with E-state index in [-0.39, 0.29) is 17.8 Å². The van der Waals surface area contributed by atoms with Crippen LogP contribution in [0.4, 0.5) is 0 Å². The van der Waals surface area contributed by atoms with Gasteiger partial charge in [0.15, 0.2) is 6.29 Å². The summed E-state index contributed by atoms with van der Waals surface area (Å²) >= 11 is 1.39. The van der Waals surface area contributed by atoms with Crippen molar-refractivity contribution in [3.63, 3.8) is 0 Å². The van der Waals surface area contributed by atoms with E-state index in [0.717, 1.165) is 25.7 Å². The van der Waals surface area contributed by atoms with Crippen molar-refractivity contribution < 1.29 is 29.6 Å². The Balaban J connectivity index is 1.95. The van der Waals surface area contributed by atoms with Crippen molar-refractivity contribution in [1.82, 2.24) is 0 Å². The Bertz CT molecular complexity index is 369. The molecule has 6 atom stereocenters. The van der Waals surface area contributed by atoms with E-state index in [1.54, 1.807) is 0 Å². The first kappa shape index (κ1) is 18.0. The number of carboxylic acids is 1. The number of nitrogens with two attached hydrogens (primary N) is 1. The van der Waals surface area contributed by atoms with E-state index in [2.05, 4.69) is 0 Å². The highest BCUT2D eigenvalue weighted by Crippen LogP contribution is 2.33. The monoisotopic (exact) mass is 335 g/mol. The highest BCUT2D eigenvalue weighted by molar-refractivity contribution is 7.99. The molecule has 8 heteroatoms. The van der Waals surface area contributed by atoms with Crippen LogP contribution in [0.1, 0.15) is 25.7 Å². The molecule has 0 spiro atoms. The lowest BCUT2D eigenvalue weighted by molar-refractivity contribution is -0.284. The lowest BCUT2D eigenvalue weighted by Gasteiger charge is -2.43. The number of aliphatic carboxylic acids is 1. The molecule has 5 N–H and O–H groups in total. The van der Waals surface area contributed by atoms with Crippen LogP contribution in [0, 0.1) is 5.92 Å². The fourth-order valence-electron chi connectivity index (χ4n) is 2.89. The Kier molecular flexibility index (Phi) is 6.91. The van der Waals surface area contributed by atoms with Gasteiger partial charge in [-0.3, -0.25) is 4.79 Å². The number of fused-ring (bicyclic) bond motifs is 7. The minimum absolute atomic E-state index is 0.165. The summed E-state index contributed by atoms with van der Waals surface area (Å²) in [5.41, 5.74) is 5.48. The molecule has 3 fully saturated rings. The van der Waals surface area contributed by atoms with Crippen LogP contribution in [-0.2, 0) is 14.3 Å². The number of hydrogen-bond acceptors (Lipinski definition) is 7. The predicted octanol–water partition coefficient (Wildman–Crippen LogP) is -0.215. The first-order valence-corrected chi connectivity index (χ1v) is 8.85. The van der Waals surface area contributed by atoms with Crippen LogP contribution < -0.4 is 5.73 Å². The van der Waals surface area contributed by atoms with E-state index in [9.17, 15) is 15.0 Å². The average Bonchev–Trinajstić information content (AvgIpc) is 2.50. The molecule has 0 aliphatic carbocycles. The SMILES string of the molecule is NC(CSCC1OC2OCCCCCC1C(O)C2O)C(=O)O. The lowest BCUT2D eigenvalue weighted by Crippen LogP contribution is -2.56. The lowest BCUT2D eigenvalue weighted by atomic mass is 9.85. The normalized spacial score (nSPS) is 37.7. The molecule has 128 valence electrons. The first-order valence-electron chi connectivity index (χ1n) is 7.70. The van der Waals surface area contributed by atoms with Gasteiger partial charge in [0.1, 0.15) is 12.1 Å². The Morgan fingerprint density at radius 1 is 1.27 bits per heavy atom. The molecule has 3 aliphatic heterocycles. The number of rotatable bonds is 5. The van der Waals surface area contributed by atoms with Crippen LogP contribution in [0.2, 0.25) is 0 Å². The maximum atomic E-state index is 10.7. The minimum Gasteiger partial charge on any atom is -0.480 e. The first-order chi connectivity index (χ1) is 10.5. The van der Waals surface area contributed by atoms with Crippen LogP contribution in [0.5, 0.6) is 0 Å². The highest BCUT2D eigenvalue weighted by atomic mass is 32.2. The third-order valence-corrected chi connectivity index (χ3v) is 5.37. The van der Waals surface area contributed by atoms with Crippen LogP contribution in [0.3, 0.4) is 0 Å². The summed E-state index contributed by atoms with van der Waals surface area (Å²) in [6, 6.07) is -0.909. The summed E-state index contributed by atoms with van der Waals surface area (Å²) in [6.07, 6.45) is 0.665. The minimum atomic E-state index is -1.04. The topological polar surface area (TPSA) is 122 Å². The molecule has 7 nitrogen and oxygen atoms in total. The number of ether oxygens (including phenoxy) is 2. The van der Waals surface area contributed by atoms with Gasteiger partial charge >= 0.3 is 5.97 Å². The number of aliphatic hydroxyl groups is 2. The molecular formula is C14H25NO6S. The second-order valence-corrected chi connectivity index (χ2v) is 6.97. The summed E-state index contributed by atoms with van der Waals surface area (Å²) in [5, 5.41) is 29.2.